The van der Waals surface area contributed by atoms with E-state index in [0.29, 0.717) is 14.0 Å². The summed E-state index contributed by atoms with van der Waals surface area (Å²) in [6.07, 6.45) is 1.81. The van der Waals surface area contributed by atoms with E-state index in [2.05, 4.69) is 74.9 Å². The Balaban J connectivity index is 1.92. The lowest BCUT2D eigenvalue weighted by molar-refractivity contribution is 0.783. The van der Waals surface area contributed by atoms with E-state index in [-0.39, 0.29) is 9.84 Å². The fraction of sp³-hybridized carbons (Fsp3) is 0.250. The van der Waals surface area contributed by atoms with Gasteiger partial charge in [-0.05, 0) is 25.2 Å². The molecule has 0 aliphatic carbocycles. The molecule has 1 N–H and O–H groups in total. The Bertz CT molecular complexity index is 552. The number of hydrogen-bond donors (Lipinski definition) is 1. The van der Waals surface area contributed by atoms with Gasteiger partial charge in [0.25, 0.3) is 9.84 Å². The molecule has 5 nitrogen and oxygen atoms in total. The minimum Gasteiger partial charge on any atom is -0.416 e. The molecule has 1 aromatic carbocycles. The largest absolute Gasteiger partial charge is 0.416 e. The Morgan fingerprint density at radius 3 is 2.40 bits per heavy atom. The molecule has 2 aromatic rings. The lowest BCUT2D eigenvalue weighted by Crippen LogP contribution is -2.71. The van der Waals surface area contributed by atoms with Gasteiger partial charge in [-0.25, -0.2) is 0 Å². The van der Waals surface area contributed by atoms with Gasteiger partial charge in [-0.1, -0.05) is 31.8 Å². The van der Waals surface area contributed by atoms with Crippen molar-refractivity contribution in [3.8, 4) is 0 Å². The highest BCUT2D eigenvalue weighted by Gasteiger charge is 2.40. The zero-order valence-corrected chi connectivity index (χ0v) is 13.2. The number of rotatable bonds is 2. The maximum absolute atomic E-state index is 4.08. The Labute approximate surface area is 123 Å². The molecule has 0 unspecified atom stereocenters. The molecule has 1 aliphatic heterocycles. The van der Waals surface area contributed by atoms with E-state index in [9.17, 15) is 0 Å². The molecule has 3 rings (SSSR count). The van der Waals surface area contributed by atoms with Crippen LogP contribution in [0.1, 0.15) is 0 Å². The van der Waals surface area contributed by atoms with Crippen molar-refractivity contribution >= 4 is 35.3 Å². The van der Waals surface area contributed by atoms with Crippen LogP contribution in [0.25, 0.3) is 0 Å². The molecule has 0 bridgehead atoms. The third-order valence-electron chi connectivity index (χ3n) is 4.05. The van der Waals surface area contributed by atoms with E-state index in [1.54, 1.807) is 0 Å². The number of aromatic nitrogens is 2. The van der Waals surface area contributed by atoms with Crippen LogP contribution in [0.3, 0.4) is 0 Å². The molecule has 1 saturated heterocycles. The van der Waals surface area contributed by atoms with Crippen LogP contribution in [0, 0.1) is 0 Å². The minimum atomic E-state index is -0.0238. The third kappa shape index (κ3) is 2.25. The quantitative estimate of drug-likeness (QED) is 0.839. The molecule has 0 amide bonds. The van der Waals surface area contributed by atoms with Crippen LogP contribution >= 0.6 is 0 Å². The molecule has 0 atom stereocenters. The zero-order chi connectivity index (χ0) is 14.1. The summed E-state index contributed by atoms with van der Waals surface area (Å²) in [4.78, 5) is 0. The lowest BCUT2D eigenvalue weighted by atomic mass is 9.62. The van der Waals surface area contributed by atoms with Gasteiger partial charge in [0.2, 0.25) is 0 Å². The summed E-state index contributed by atoms with van der Waals surface area (Å²) in [6, 6.07) is 12.7. The van der Waals surface area contributed by atoms with Crippen LogP contribution in [0.15, 0.2) is 42.6 Å². The summed E-state index contributed by atoms with van der Waals surface area (Å²) in [5.41, 5.74) is 1.28. The predicted molar refractivity (Wildman–Crippen MR) is 88.1 cm³/mol. The summed E-state index contributed by atoms with van der Waals surface area (Å²) >= 11 is 0. The van der Waals surface area contributed by atoms with Gasteiger partial charge in [-0.2, -0.15) is 5.10 Å². The van der Waals surface area contributed by atoms with Gasteiger partial charge >= 0.3 is 14.0 Å². The molecule has 0 saturated carbocycles. The number of aromatic amines is 1. The second-order valence-corrected chi connectivity index (χ2v) is 6.48. The molecule has 1 fully saturated rings. The fourth-order valence-corrected chi connectivity index (χ4v) is 4.22. The number of nitrogens with one attached hydrogen (secondary N) is 1. The standard InChI is InChI=1S/C12H18B2N5Si/c1-13-17(3)14(2)19(12-9-10-15-16-12)20-18(13)11-7-5-4-6-8-11/h4-10,20H,1-3H3,(H,15,16). The van der Waals surface area contributed by atoms with Crippen molar-refractivity contribution in [2.75, 3.05) is 16.0 Å². The Morgan fingerprint density at radius 2 is 1.75 bits per heavy atom. The lowest BCUT2D eigenvalue weighted by Gasteiger charge is -2.48. The molecule has 101 valence electrons. The number of para-hydroxylation sites is 1. The predicted octanol–water partition coefficient (Wildman–Crippen LogP) is 1.17. The Hall–Kier alpha value is -1.66. The summed E-state index contributed by atoms with van der Waals surface area (Å²) in [7, 11) is 2.15. The summed E-state index contributed by atoms with van der Waals surface area (Å²) in [5, 5.41) is 7.17. The molecule has 20 heavy (non-hydrogen) atoms. The van der Waals surface area contributed by atoms with Crippen LogP contribution < -0.4 is 8.95 Å². The van der Waals surface area contributed by atoms with Crippen LogP contribution in [0.4, 0.5) is 11.5 Å². The number of nitrogens with zero attached hydrogens (tertiary/aromatic N) is 4. The normalized spacial score (nSPS) is 16.9. The molecule has 1 aliphatic rings. The smallest absolute Gasteiger partial charge is 0.323 e. The van der Waals surface area contributed by atoms with Crippen molar-refractivity contribution < 1.29 is 0 Å². The van der Waals surface area contributed by atoms with Crippen molar-refractivity contribution in [3.05, 3.63) is 42.6 Å². The summed E-state index contributed by atoms with van der Waals surface area (Å²) < 4.78 is 7.26. The van der Waals surface area contributed by atoms with Gasteiger partial charge in [0.15, 0.2) is 0 Å². The number of H-pyrrole nitrogens is 1. The van der Waals surface area contributed by atoms with E-state index in [1.165, 1.54) is 5.69 Å². The molecule has 2 heterocycles. The monoisotopic (exact) mass is 282 g/mol. The molecule has 1 radical (unpaired) electrons. The Kier molecular flexibility index (Phi) is 3.58. The van der Waals surface area contributed by atoms with Crippen LogP contribution in [-0.2, 0) is 0 Å². The van der Waals surface area contributed by atoms with E-state index in [0.717, 1.165) is 5.82 Å². The second-order valence-electron chi connectivity index (χ2n) is 5.14. The minimum absolute atomic E-state index is 0.0238. The van der Waals surface area contributed by atoms with Crippen molar-refractivity contribution in [1.82, 2.24) is 14.9 Å². The maximum atomic E-state index is 4.08. The summed E-state index contributed by atoms with van der Waals surface area (Å²) in [6.45, 7) is 5.26. The fourth-order valence-electron chi connectivity index (χ4n) is 2.57. The SMILES string of the molecule is CB1N(C)B(C)N(c2ccn[nH]2)[SiH]N1c1ccccc1. The van der Waals surface area contributed by atoms with Crippen molar-refractivity contribution in [2.45, 2.75) is 13.6 Å². The van der Waals surface area contributed by atoms with Crippen molar-refractivity contribution in [1.29, 1.82) is 0 Å². The highest BCUT2D eigenvalue weighted by molar-refractivity contribution is 6.92. The van der Waals surface area contributed by atoms with E-state index in [4.69, 9.17) is 0 Å². The molecule has 1 aromatic heterocycles. The topological polar surface area (TPSA) is 38.4 Å². The zero-order valence-electron chi connectivity index (χ0n) is 12.1. The first-order valence-electron chi connectivity index (χ1n) is 6.86. The van der Waals surface area contributed by atoms with Gasteiger partial charge in [0.05, 0.1) is 6.20 Å². The second kappa shape index (κ2) is 5.38. The first-order valence-corrected chi connectivity index (χ1v) is 7.90. The first-order chi connectivity index (χ1) is 9.68. The van der Waals surface area contributed by atoms with E-state index < -0.39 is 0 Å². The number of benzene rings is 1. The van der Waals surface area contributed by atoms with Gasteiger partial charge in [0.1, 0.15) is 5.82 Å². The van der Waals surface area contributed by atoms with Gasteiger partial charge in [-0.15, -0.1) is 0 Å². The van der Waals surface area contributed by atoms with Crippen LogP contribution in [-0.4, -0.2) is 45.8 Å². The van der Waals surface area contributed by atoms with E-state index in [1.807, 2.05) is 12.3 Å². The molecular formula is C12H18B2N5Si. The first kappa shape index (κ1) is 13.3. The number of hydrogen-bond acceptors (Lipinski definition) is 4. The van der Waals surface area contributed by atoms with Gasteiger partial charge in [-0.3, -0.25) is 5.10 Å². The van der Waals surface area contributed by atoms with Crippen molar-refractivity contribution in [2.24, 2.45) is 0 Å². The highest BCUT2D eigenvalue weighted by atomic mass is 28.2. The Morgan fingerprint density at radius 1 is 1.05 bits per heavy atom. The maximum Gasteiger partial charge on any atom is 0.323 e. The highest BCUT2D eigenvalue weighted by Crippen LogP contribution is 2.23. The molecule has 0 spiro atoms. The molecule has 8 heteroatoms. The summed E-state index contributed by atoms with van der Waals surface area (Å²) in [5.74, 6) is 1.09. The molecular weight excluding hydrogens is 264 g/mol. The van der Waals surface area contributed by atoms with Crippen LogP contribution in [0.2, 0.25) is 13.6 Å². The third-order valence-corrected chi connectivity index (χ3v) is 5.99. The van der Waals surface area contributed by atoms with Gasteiger partial charge in [0, 0.05) is 5.69 Å². The average molecular weight is 282 g/mol. The number of anilines is 2. The van der Waals surface area contributed by atoms with Crippen LogP contribution in [0.5, 0.6) is 0 Å². The van der Waals surface area contributed by atoms with E-state index >= 15 is 0 Å². The average Bonchev–Trinajstić information content (AvgIpc) is 3.00. The van der Waals surface area contributed by atoms with Gasteiger partial charge < -0.3 is 13.7 Å². The van der Waals surface area contributed by atoms with Crippen molar-refractivity contribution in [3.63, 3.8) is 0 Å².